The fraction of sp³-hybridized carbons (Fsp3) is 0.632. The highest BCUT2D eigenvalue weighted by Crippen LogP contribution is 2.24. The summed E-state index contributed by atoms with van der Waals surface area (Å²) >= 11 is 5.97. The van der Waals surface area contributed by atoms with E-state index in [4.69, 9.17) is 16.3 Å². The molecular weight excluding hydrogens is 354 g/mol. The Morgan fingerprint density at radius 3 is 2.77 bits per heavy atom. The van der Waals surface area contributed by atoms with E-state index in [9.17, 15) is 9.90 Å². The largest absolute Gasteiger partial charge is 0.490 e. The number of ether oxygens (including phenoxy) is 1. The summed E-state index contributed by atoms with van der Waals surface area (Å²) in [6, 6.07) is 7.17. The van der Waals surface area contributed by atoms with Gasteiger partial charge in [0.1, 0.15) is 18.0 Å². The van der Waals surface area contributed by atoms with Crippen molar-refractivity contribution < 1.29 is 14.6 Å². The van der Waals surface area contributed by atoms with Crippen LogP contribution in [-0.4, -0.2) is 90.8 Å². The molecule has 3 rings (SSSR count). The summed E-state index contributed by atoms with van der Waals surface area (Å²) in [5.41, 5.74) is -0.942. The number of carbonyl (C=O) groups is 1. The van der Waals surface area contributed by atoms with Crippen LogP contribution < -0.4 is 4.74 Å². The number of likely N-dealkylation sites (tertiary alicyclic amines) is 1. The number of piperazine rings is 1. The van der Waals surface area contributed by atoms with E-state index in [-0.39, 0.29) is 12.5 Å². The number of aliphatic hydroxyl groups is 1. The molecule has 1 N–H and O–H groups in total. The van der Waals surface area contributed by atoms with Gasteiger partial charge in [-0.3, -0.25) is 9.69 Å². The van der Waals surface area contributed by atoms with Gasteiger partial charge in [0.15, 0.2) is 0 Å². The van der Waals surface area contributed by atoms with Crippen molar-refractivity contribution in [3.05, 3.63) is 29.3 Å². The van der Waals surface area contributed by atoms with Crippen LogP contribution in [0.2, 0.25) is 5.02 Å². The number of nitrogens with zero attached hydrogens (tertiary/aromatic N) is 3. The molecule has 1 aromatic rings. The molecule has 2 aliphatic rings. The van der Waals surface area contributed by atoms with Crippen molar-refractivity contribution in [2.24, 2.45) is 0 Å². The normalized spacial score (nSPS) is 25.3. The van der Waals surface area contributed by atoms with Gasteiger partial charge in [0.25, 0.3) is 0 Å². The fourth-order valence-electron chi connectivity index (χ4n) is 3.58. The lowest BCUT2D eigenvalue weighted by atomic mass is 9.93. The number of halogens is 1. The third-order valence-corrected chi connectivity index (χ3v) is 5.39. The van der Waals surface area contributed by atoms with Crippen LogP contribution in [0.25, 0.3) is 0 Å². The zero-order chi connectivity index (χ0) is 18.6. The number of hydrogen-bond acceptors (Lipinski definition) is 5. The second-order valence-electron chi connectivity index (χ2n) is 7.47. The summed E-state index contributed by atoms with van der Waals surface area (Å²) < 4.78 is 5.75. The molecule has 0 radical (unpaired) electrons. The number of likely N-dealkylation sites (N-methyl/N-ethyl adjacent to an activating group) is 1. The molecule has 2 aliphatic heterocycles. The second kappa shape index (κ2) is 8.57. The minimum absolute atomic E-state index is 0.151. The molecule has 0 aromatic heterocycles. The summed E-state index contributed by atoms with van der Waals surface area (Å²) in [6.07, 6.45) is 1.53. The number of hydrogen-bond donors (Lipinski definition) is 1. The quantitative estimate of drug-likeness (QED) is 0.833. The van der Waals surface area contributed by atoms with Crippen molar-refractivity contribution in [2.75, 3.05) is 59.5 Å². The highest BCUT2D eigenvalue weighted by atomic mass is 35.5. The Morgan fingerprint density at radius 2 is 2.04 bits per heavy atom. The molecule has 1 amide bonds. The van der Waals surface area contributed by atoms with E-state index in [1.807, 2.05) is 21.9 Å². The van der Waals surface area contributed by atoms with Crippen molar-refractivity contribution in [1.82, 2.24) is 14.7 Å². The van der Waals surface area contributed by atoms with Crippen LogP contribution in [0.4, 0.5) is 0 Å². The first-order valence-corrected chi connectivity index (χ1v) is 9.61. The summed E-state index contributed by atoms with van der Waals surface area (Å²) in [5, 5.41) is 11.5. The van der Waals surface area contributed by atoms with E-state index in [1.54, 1.807) is 12.1 Å². The van der Waals surface area contributed by atoms with Crippen molar-refractivity contribution in [3.63, 3.8) is 0 Å². The van der Waals surface area contributed by atoms with Crippen molar-refractivity contribution in [1.29, 1.82) is 0 Å². The summed E-state index contributed by atoms with van der Waals surface area (Å²) in [6.45, 7) is 5.25. The number of rotatable bonds is 5. The lowest BCUT2D eigenvalue weighted by Crippen LogP contribution is -2.55. The van der Waals surface area contributed by atoms with Gasteiger partial charge in [-0.2, -0.15) is 0 Å². The van der Waals surface area contributed by atoms with Crippen molar-refractivity contribution in [3.8, 4) is 5.75 Å². The van der Waals surface area contributed by atoms with Gasteiger partial charge in [-0.25, -0.2) is 0 Å². The highest BCUT2D eigenvalue weighted by Gasteiger charge is 2.35. The van der Waals surface area contributed by atoms with Crippen LogP contribution in [0.3, 0.4) is 0 Å². The zero-order valence-corrected chi connectivity index (χ0v) is 16.1. The Bertz CT molecular complexity index is 622. The Kier molecular flexibility index (Phi) is 6.40. The van der Waals surface area contributed by atoms with Crippen LogP contribution in [0.15, 0.2) is 24.3 Å². The molecule has 26 heavy (non-hydrogen) atoms. The van der Waals surface area contributed by atoms with Crippen LogP contribution >= 0.6 is 11.6 Å². The molecule has 2 saturated heterocycles. The maximum Gasteiger partial charge on any atom is 0.236 e. The molecule has 1 aromatic carbocycles. The maximum absolute atomic E-state index is 12.5. The van der Waals surface area contributed by atoms with Gasteiger partial charge in [0.2, 0.25) is 5.91 Å². The molecule has 2 heterocycles. The lowest BCUT2D eigenvalue weighted by molar-refractivity contribution is -0.136. The molecule has 0 spiro atoms. The summed E-state index contributed by atoms with van der Waals surface area (Å²) in [5.74, 6) is 0.801. The predicted octanol–water partition coefficient (Wildman–Crippen LogP) is 1.32. The van der Waals surface area contributed by atoms with Gasteiger partial charge in [0.05, 0.1) is 6.54 Å². The number of carbonyl (C=O) groups excluding carboxylic acids is 1. The average Bonchev–Trinajstić information content (AvgIpc) is 2.61. The second-order valence-corrected chi connectivity index (χ2v) is 7.91. The monoisotopic (exact) mass is 381 g/mol. The van der Waals surface area contributed by atoms with Gasteiger partial charge in [0, 0.05) is 37.7 Å². The summed E-state index contributed by atoms with van der Waals surface area (Å²) in [4.78, 5) is 18.7. The van der Waals surface area contributed by atoms with E-state index >= 15 is 0 Å². The van der Waals surface area contributed by atoms with Gasteiger partial charge < -0.3 is 19.6 Å². The Morgan fingerprint density at radius 1 is 1.27 bits per heavy atom. The SMILES string of the molecule is CN1CCN(C(=O)CN2CCCC(O)(COc3cccc(Cl)c3)C2)CC1. The van der Waals surface area contributed by atoms with Crippen LogP contribution in [0, 0.1) is 0 Å². The molecule has 2 fully saturated rings. The first kappa shape index (κ1) is 19.4. The standard InChI is InChI=1S/C19H28ClN3O3/c1-21-8-10-23(11-9-21)18(24)13-22-7-3-6-19(25,14-22)15-26-17-5-2-4-16(20)12-17/h2,4-5,12,25H,3,6-11,13-15H2,1H3. The van der Waals surface area contributed by atoms with Gasteiger partial charge in [-0.15, -0.1) is 0 Å². The third-order valence-electron chi connectivity index (χ3n) is 5.15. The number of benzene rings is 1. The molecule has 0 aliphatic carbocycles. The number of piperidine rings is 1. The minimum atomic E-state index is -0.942. The van der Waals surface area contributed by atoms with E-state index in [0.29, 0.717) is 30.3 Å². The van der Waals surface area contributed by atoms with E-state index in [1.165, 1.54) is 0 Å². The first-order chi connectivity index (χ1) is 12.4. The maximum atomic E-state index is 12.5. The van der Waals surface area contributed by atoms with Crippen LogP contribution in [-0.2, 0) is 4.79 Å². The third kappa shape index (κ3) is 5.33. The van der Waals surface area contributed by atoms with Gasteiger partial charge in [-0.05, 0) is 44.6 Å². The highest BCUT2D eigenvalue weighted by molar-refractivity contribution is 6.30. The number of β-amino-alcohol motifs (C(OH)–C–C–N with tert-alkyl or cyclic N) is 1. The van der Waals surface area contributed by atoms with E-state index < -0.39 is 5.60 Å². The predicted molar refractivity (Wildman–Crippen MR) is 102 cm³/mol. The molecule has 1 unspecified atom stereocenters. The Hall–Kier alpha value is -1.34. The molecular formula is C19H28ClN3O3. The molecule has 7 heteroatoms. The zero-order valence-electron chi connectivity index (χ0n) is 15.4. The van der Waals surface area contributed by atoms with E-state index in [0.717, 1.165) is 39.1 Å². The summed E-state index contributed by atoms with van der Waals surface area (Å²) in [7, 11) is 2.08. The Labute approximate surface area is 160 Å². The first-order valence-electron chi connectivity index (χ1n) is 9.23. The average molecular weight is 382 g/mol. The van der Waals surface area contributed by atoms with Gasteiger partial charge >= 0.3 is 0 Å². The number of amides is 1. The molecule has 6 nitrogen and oxygen atoms in total. The molecule has 144 valence electrons. The van der Waals surface area contributed by atoms with Crippen LogP contribution in [0.5, 0.6) is 5.75 Å². The van der Waals surface area contributed by atoms with E-state index in [2.05, 4.69) is 11.9 Å². The topological polar surface area (TPSA) is 56.2 Å². The lowest BCUT2D eigenvalue weighted by Gasteiger charge is -2.40. The molecule has 0 bridgehead atoms. The van der Waals surface area contributed by atoms with Crippen molar-refractivity contribution in [2.45, 2.75) is 18.4 Å². The minimum Gasteiger partial charge on any atom is -0.490 e. The smallest absolute Gasteiger partial charge is 0.236 e. The molecule has 1 atom stereocenters. The fourth-order valence-corrected chi connectivity index (χ4v) is 3.76. The van der Waals surface area contributed by atoms with Gasteiger partial charge in [-0.1, -0.05) is 17.7 Å². The van der Waals surface area contributed by atoms with Crippen LogP contribution in [0.1, 0.15) is 12.8 Å². The molecule has 0 saturated carbocycles. The van der Waals surface area contributed by atoms with Crippen molar-refractivity contribution >= 4 is 17.5 Å². The Balaban J connectivity index is 1.50.